The lowest BCUT2D eigenvalue weighted by atomic mass is 10.2. The highest BCUT2D eigenvalue weighted by Gasteiger charge is 2.08. The van der Waals surface area contributed by atoms with Gasteiger partial charge in [0.2, 0.25) is 5.95 Å². The highest BCUT2D eigenvalue weighted by molar-refractivity contribution is 6.03. The molecule has 1 aromatic heterocycles. The number of hydrogen-bond donors (Lipinski definition) is 2. The number of phenols is 1. The Morgan fingerprint density at radius 1 is 1.50 bits per heavy atom. The van der Waals surface area contributed by atoms with E-state index in [-0.39, 0.29) is 11.7 Å². The van der Waals surface area contributed by atoms with E-state index in [4.69, 9.17) is 0 Å². The van der Waals surface area contributed by atoms with Crippen molar-refractivity contribution in [1.29, 1.82) is 0 Å². The van der Waals surface area contributed by atoms with Gasteiger partial charge in [0, 0.05) is 25.0 Å². The van der Waals surface area contributed by atoms with Crippen LogP contribution in [0.1, 0.15) is 10.4 Å². The number of nitrogens with one attached hydrogen (secondary N) is 1. The summed E-state index contributed by atoms with van der Waals surface area (Å²) < 4.78 is 1.70. The average molecular weight is 217 g/mol. The molecule has 0 bridgehead atoms. The molecule has 0 saturated carbocycles. The number of aromatic hydroxyl groups is 1. The second-order valence-electron chi connectivity index (χ2n) is 3.37. The largest absolute Gasteiger partial charge is 0.508 e. The Hall–Kier alpha value is -2.30. The molecule has 5 heteroatoms. The van der Waals surface area contributed by atoms with Gasteiger partial charge in [-0.15, -0.1) is 0 Å². The van der Waals surface area contributed by atoms with Gasteiger partial charge in [0.25, 0.3) is 5.91 Å². The molecule has 0 atom stereocenters. The molecule has 0 aliphatic heterocycles. The summed E-state index contributed by atoms with van der Waals surface area (Å²) in [7, 11) is 1.78. The van der Waals surface area contributed by atoms with Crippen molar-refractivity contribution >= 4 is 11.9 Å². The lowest BCUT2D eigenvalue weighted by molar-refractivity contribution is 0.102. The SMILES string of the molecule is Cn1ccnc1NC(=O)c1cccc(O)c1. The molecule has 0 spiro atoms. The zero-order valence-corrected chi connectivity index (χ0v) is 8.71. The summed E-state index contributed by atoms with van der Waals surface area (Å²) in [6, 6.07) is 6.15. The van der Waals surface area contributed by atoms with Gasteiger partial charge in [-0.1, -0.05) is 6.07 Å². The topological polar surface area (TPSA) is 67.2 Å². The van der Waals surface area contributed by atoms with Crippen LogP contribution in [0.25, 0.3) is 0 Å². The predicted molar refractivity (Wildman–Crippen MR) is 59.3 cm³/mol. The van der Waals surface area contributed by atoms with E-state index >= 15 is 0 Å². The molecule has 2 rings (SSSR count). The Morgan fingerprint density at radius 3 is 2.94 bits per heavy atom. The maximum absolute atomic E-state index is 11.7. The lowest BCUT2D eigenvalue weighted by Gasteiger charge is -2.04. The Labute approximate surface area is 92.4 Å². The summed E-state index contributed by atoms with van der Waals surface area (Å²) in [5.41, 5.74) is 0.392. The van der Waals surface area contributed by atoms with Gasteiger partial charge in [-0.2, -0.15) is 0 Å². The first-order valence-corrected chi connectivity index (χ1v) is 4.74. The third-order valence-corrected chi connectivity index (χ3v) is 2.15. The van der Waals surface area contributed by atoms with Crippen molar-refractivity contribution in [2.75, 3.05) is 5.32 Å². The molecular weight excluding hydrogens is 206 g/mol. The number of carbonyl (C=O) groups excluding carboxylic acids is 1. The number of aromatic nitrogens is 2. The molecule has 0 fully saturated rings. The first kappa shape index (κ1) is 10.2. The number of aryl methyl sites for hydroxylation is 1. The van der Waals surface area contributed by atoms with E-state index in [0.717, 1.165) is 0 Å². The lowest BCUT2D eigenvalue weighted by Crippen LogP contribution is -2.14. The Kier molecular flexibility index (Phi) is 2.59. The first-order valence-electron chi connectivity index (χ1n) is 4.74. The minimum Gasteiger partial charge on any atom is -0.508 e. The summed E-state index contributed by atoms with van der Waals surface area (Å²) in [5, 5.41) is 11.9. The number of anilines is 1. The van der Waals surface area contributed by atoms with Gasteiger partial charge in [-0.05, 0) is 18.2 Å². The summed E-state index contributed by atoms with van der Waals surface area (Å²) in [6.45, 7) is 0. The standard InChI is InChI=1S/C11H11N3O2/c1-14-6-5-12-11(14)13-10(16)8-3-2-4-9(15)7-8/h2-7,15H,1H3,(H,12,13,16). The third kappa shape index (κ3) is 2.03. The highest BCUT2D eigenvalue weighted by atomic mass is 16.3. The average Bonchev–Trinajstić information content (AvgIpc) is 2.64. The minimum absolute atomic E-state index is 0.0625. The Bertz CT molecular complexity index is 519. The van der Waals surface area contributed by atoms with Gasteiger partial charge in [0.15, 0.2) is 0 Å². The number of imidazole rings is 1. The molecule has 1 heterocycles. The monoisotopic (exact) mass is 217 g/mol. The van der Waals surface area contributed by atoms with Crippen LogP contribution in [-0.4, -0.2) is 20.6 Å². The van der Waals surface area contributed by atoms with Gasteiger partial charge in [-0.3, -0.25) is 10.1 Å². The molecule has 0 saturated heterocycles. The van der Waals surface area contributed by atoms with Crippen LogP contribution in [0.15, 0.2) is 36.7 Å². The summed E-state index contributed by atoms with van der Waals surface area (Å²) in [4.78, 5) is 15.7. The molecule has 16 heavy (non-hydrogen) atoms. The number of nitrogens with zero attached hydrogens (tertiary/aromatic N) is 2. The van der Waals surface area contributed by atoms with Crippen molar-refractivity contribution in [2.24, 2.45) is 7.05 Å². The maximum atomic E-state index is 11.7. The van der Waals surface area contributed by atoms with Crippen molar-refractivity contribution < 1.29 is 9.90 Å². The van der Waals surface area contributed by atoms with Gasteiger partial charge in [0.05, 0.1) is 0 Å². The summed E-state index contributed by atoms with van der Waals surface area (Å²) in [6.07, 6.45) is 3.33. The molecule has 0 aliphatic carbocycles. The van der Waals surface area contributed by atoms with E-state index in [9.17, 15) is 9.90 Å². The zero-order chi connectivity index (χ0) is 11.5. The second-order valence-corrected chi connectivity index (χ2v) is 3.37. The maximum Gasteiger partial charge on any atom is 0.258 e. The van der Waals surface area contributed by atoms with Crippen LogP contribution in [-0.2, 0) is 7.05 Å². The van der Waals surface area contributed by atoms with Crippen molar-refractivity contribution in [1.82, 2.24) is 9.55 Å². The van der Waals surface area contributed by atoms with E-state index in [1.165, 1.54) is 12.1 Å². The molecule has 0 unspecified atom stereocenters. The fourth-order valence-electron chi connectivity index (χ4n) is 1.31. The van der Waals surface area contributed by atoms with Crippen molar-refractivity contribution in [2.45, 2.75) is 0 Å². The molecule has 0 aliphatic rings. The van der Waals surface area contributed by atoms with Crippen LogP contribution in [0.2, 0.25) is 0 Å². The van der Waals surface area contributed by atoms with E-state index in [2.05, 4.69) is 10.3 Å². The van der Waals surface area contributed by atoms with Gasteiger partial charge in [-0.25, -0.2) is 4.98 Å². The van der Waals surface area contributed by atoms with Gasteiger partial charge < -0.3 is 9.67 Å². The predicted octanol–water partition coefficient (Wildman–Crippen LogP) is 1.38. The molecular formula is C11H11N3O2. The zero-order valence-electron chi connectivity index (χ0n) is 8.71. The van der Waals surface area contributed by atoms with Crippen LogP contribution >= 0.6 is 0 Å². The second kappa shape index (κ2) is 4.06. The normalized spacial score (nSPS) is 10.1. The molecule has 1 amide bonds. The molecule has 82 valence electrons. The number of carbonyl (C=O) groups is 1. The summed E-state index contributed by atoms with van der Waals surface area (Å²) >= 11 is 0. The van der Waals surface area contributed by atoms with Crippen LogP contribution < -0.4 is 5.32 Å². The van der Waals surface area contributed by atoms with E-state index in [1.807, 2.05) is 0 Å². The van der Waals surface area contributed by atoms with Crippen molar-refractivity contribution in [3.8, 4) is 5.75 Å². The number of rotatable bonds is 2. The van der Waals surface area contributed by atoms with Gasteiger partial charge in [0.1, 0.15) is 5.75 Å². The van der Waals surface area contributed by atoms with Crippen molar-refractivity contribution in [3.05, 3.63) is 42.2 Å². The number of benzene rings is 1. The quantitative estimate of drug-likeness (QED) is 0.798. The molecule has 2 aromatic rings. The van der Waals surface area contributed by atoms with E-state index in [0.29, 0.717) is 11.5 Å². The van der Waals surface area contributed by atoms with Crippen LogP contribution in [0.5, 0.6) is 5.75 Å². The fourth-order valence-corrected chi connectivity index (χ4v) is 1.31. The smallest absolute Gasteiger partial charge is 0.258 e. The molecule has 2 N–H and O–H groups in total. The fraction of sp³-hybridized carbons (Fsp3) is 0.0909. The van der Waals surface area contributed by atoms with Crippen LogP contribution in [0.3, 0.4) is 0 Å². The number of hydrogen-bond acceptors (Lipinski definition) is 3. The van der Waals surface area contributed by atoms with E-state index in [1.54, 1.807) is 36.1 Å². The molecule has 5 nitrogen and oxygen atoms in total. The highest BCUT2D eigenvalue weighted by Crippen LogP contribution is 2.12. The number of amides is 1. The summed E-state index contributed by atoms with van der Waals surface area (Å²) in [5.74, 6) is 0.228. The van der Waals surface area contributed by atoms with Gasteiger partial charge >= 0.3 is 0 Å². The minimum atomic E-state index is -0.301. The molecule has 1 aromatic carbocycles. The van der Waals surface area contributed by atoms with Crippen LogP contribution in [0.4, 0.5) is 5.95 Å². The van der Waals surface area contributed by atoms with E-state index < -0.39 is 0 Å². The Morgan fingerprint density at radius 2 is 2.31 bits per heavy atom. The third-order valence-electron chi connectivity index (χ3n) is 2.15. The molecule has 0 radical (unpaired) electrons. The van der Waals surface area contributed by atoms with Crippen molar-refractivity contribution in [3.63, 3.8) is 0 Å². The number of phenolic OH excluding ortho intramolecular Hbond substituents is 1. The Balaban J connectivity index is 2.18. The first-order chi connectivity index (χ1) is 7.66. The van der Waals surface area contributed by atoms with Crippen LogP contribution in [0, 0.1) is 0 Å².